The summed E-state index contributed by atoms with van der Waals surface area (Å²) in [5, 5.41) is 5.49. The van der Waals surface area contributed by atoms with Gasteiger partial charge in [0.1, 0.15) is 16.7 Å². The zero-order valence-electron chi connectivity index (χ0n) is 13.8. The van der Waals surface area contributed by atoms with Gasteiger partial charge in [0.25, 0.3) is 0 Å². The molecule has 24 heavy (non-hydrogen) atoms. The van der Waals surface area contributed by atoms with Crippen LogP contribution in [0.2, 0.25) is 0 Å². The first-order chi connectivity index (χ1) is 11.6. The van der Waals surface area contributed by atoms with Crippen LogP contribution in [0.4, 0.5) is 11.6 Å². The molecule has 0 unspecified atom stereocenters. The van der Waals surface area contributed by atoms with Gasteiger partial charge < -0.3 is 14.2 Å². The van der Waals surface area contributed by atoms with Crippen molar-refractivity contribution in [1.82, 2.24) is 0 Å². The van der Waals surface area contributed by atoms with Crippen molar-refractivity contribution in [2.45, 2.75) is 20.8 Å². The van der Waals surface area contributed by atoms with E-state index in [4.69, 9.17) is 8.83 Å². The smallest absolute Gasteiger partial charge is 0.347 e. The van der Waals surface area contributed by atoms with Crippen molar-refractivity contribution in [3.63, 3.8) is 0 Å². The van der Waals surface area contributed by atoms with Gasteiger partial charge in [-0.25, -0.2) is 4.79 Å². The van der Waals surface area contributed by atoms with E-state index in [0.717, 1.165) is 27.6 Å². The molecule has 4 rings (SSSR count). The Bertz CT molecular complexity index is 1110. The molecule has 2 aromatic carbocycles. The largest absolute Gasteiger partial charge is 0.444 e. The van der Waals surface area contributed by atoms with E-state index in [-0.39, 0.29) is 5.63 Å². The lowest BCUT2D eigenvalue weighted by atomic mass is 10.1. The third kappa shape index (κ3) is 2.11. The van der Waals surface area contributed by atoms with E-state index < -0.39 is 0 Å². The van der Waals surface area contributed by atoms with Crippen molar-refractivity contribution in [1.29, 1.82) is 0 Å². The highest BCUT2D eigenvalue weighted by Gasteiger charge is 2.19. The summed E-state index contributed by atoms with van der Waals surface area (Å²) in [6.45, 7) is 5.86. The number of nitrogens with one attached hydrogen (secondary N) is 1. The van der Waals surface area contributed by atoms with Gasteiger partial charge in [-0.3, -0.25) is 0 Å². The number of furan rings is 1. The minimum atomic E-state index is -0.375. The molecule has 2 heterocycles. The average Bonchev–Trinajstić information content (AvgIpc) is 2.89. The van der Waals surface area contributed by atoms with Crippen molar-refractivity contribution < 1.29 is 8.83 Å². The molecule has 4 aromatic rings. The summed E-state index contributed by atoms with van der Waals surface area (Å²) >= 11 is 0. The molecule has 0 fully saturated rings. The van der Waals surface area contributed by atoms with Gasteiger partial charge in [0.2, 0.25) is 5.88 Å². The van der Waals surface area contributed by atoms with Gasteiger partial charge in [-0.15, -0.1) is 0 Å². The monoisotopic (exact) mass is 319 g/mol. The SMILES string of the molecule is Cc1cccc(C)c1Nc1oc(C)c2c(=O)oc3ccccc3c12. The van der Waals surface area contributed by atoms with Gasteiger partial charge in [0, 0.05) is 11.1 Å². The highest BCUT2D eigenvalue weighted by molar-refractivity contribution is 6.11. The van der Waals surface area contributed by atoms with E-state index in [0.29, 0.717) is 22.6 Å². The summed E-state index contributed by atoms with van der Waals surface area (Å²) in [7, 11) is 0. The summed E-state index contributed by atoms with van der Waals surface area (Å²) in [6, 6.07) is 13.6. The van der Waals surface area contributed by atoms with Gasteiger partial charge in [0.05, 0.1) is 5.39 Å². The molecule has 0 aliphatic carbocycles. The predicted octanol–water partition coefficient (Wildman–Crippen LogP) is 5.21. The second-order valence-corrected chi connectivity index (χ2v) is 6.01. The van der Waals surface area contributed by atoms with Gasteiger partial charge in [-0.05, 0) is 38.0 Å². The number of hydrogen-bond donors (Lipinski definition) is 1. The van der Waals surface area contributed by atoms with Crippen LogP contribution in [0.3, 0.4) is 0 Å². The van der Waals surface area contributed by atoms with Crippen LogP contribution in [0.15, 0.2) is 56.1 Å². The second kappa shape index (κ2) is 5.27. The van der Waals surface area contributed by atoms with E-state index in [1.165, 1.54) is 0 Å². The summed E-state index contributed by atoms with van der Waals surface area (Å²) in [5.41, 5.74) is 3.40. The quantitative estimate of drug-likeness (QED) is 0.515. The first-order valence-corrected chi connectivity index (χ1v) is 7.84. The average molecular weight is 319 g/mol. The summed E-state index contributed by atoms with van der Waals surface area (Å²) in [6.07, 6.45) is 0. The predicted molar refractivity (Wildman–Crippen MR) is 96.2 cm³/mol. The topological polar surface area (TPSA) is 55.4 Å². The Morgan fingerprint density at radius 1 is 0.833 bits per heavy atom. The van der Waals surface area contributed by atoms with E-state index in [9.17, 15) is 4.79 Å². The summed E-state index contributed by atoms with van der Waals surface area (Å²) < 4.78 is 11.3. The maximum atomic E-state index is 12.4. The molecule has 4 heteroatoms. The molecule has 0 amide bonds. The third-order valence-electron chi connectivity index (χ3n) is 4.37. The standard InChI is InChI=1S/C20H17NO3/c1-11-7-6-8-12(2)18(11)21-19-17-14-9-4-5-10-15(14)24-20(22)16(17)13(3)23-19/h4-10,21H,1-3H3. The molecule has 0 atom stereocenters. The Morgan fingerprint density at radius 3 is 2.29 bits per heavy atom. The number of aryl methyl sites for hydroxylation is 3. The number of rotatable bonds is 2. The number of fused-ring (bicyclic) bond motifs is 3. The molecule has 0 aliphatic heterocycles. The van der Waals surface area contributed by atoms with E-state index in [1.807, 2.05) is 50.2 Å². The lowest BCUT2D eigenvalue weighted by molar-refractivity contribution is 0.547. The summed E-state index contributed by atoms with van der Waals surface area (Å²) in [5.74, 6) is 1.13. The number of benzene rings is 2. The zero-order chi connectivity index (χ0) is 16.8. The number of para-hydroxylation sites is 2. The van der Waals surface area contributed by atoms with Crippen molar-refractivity contribution in [3.05, 3.63) is 69.8 Å². The van der Waals surface area contributed by atoms with Crippen molar-refractivity contribution in [3.8, 4) is 0 Å². The Morgan fingerprint density at radius 2 is 1.54 bits per heavy atom. The summed E-state index contributed by atoms with van der Waals surface area (Å²) in [4.78, 5) is 12.4. The minimum absolute atomic E-state index is 0.375. The van der Waals surface area contributed by atoms with Crippen LogP contribution in [0, 0.1) is 20.8 Å². The van der Waals surface area contributed by atoms with Crippen LogP contribution in [0.25, 0.3) is 21.7 Å². The fraction of sp³-hybridized carbons (Fsp3) is 0.150. The number of anilines is 2. The Hall–Kier alpha value is -3.01. The van der Waals surface area contributed by atoms with Crippen molar-refractivity contribution in [2.24, 2.45) is 0 Å². The van der Waals surface area contributed by atoms with Crippen LogP contribution in [-0.4, -0.2) is 0 Å². The molecule has 0 radical (unpaired) electrons. The van der Waals surface area contributed by atoms with Crippen LogP contribution >= 0.6 is 0 Å². The van der Waals surface area contributed by atoms with Crippen molar-refractivity contribution >= 4 is 33.3 Å². The first kappa shape index (κ1) is 14.6. The molecule has 0 spiro atoms. The maximum absolute atomic E-state index is 12.4. The van der Waals surface area contributed by atoms with Crippen LogP contribution in [-0.2, 0) is 0 Å². The molecule has 0 saturated heterocycles. The minimum Gasteiger partial charge on any atom is -0.444 e. The van der Waals surface area contributed by atoms with Crippen LogP contribution in [0.1, 0.15) is 16.9 Å². The van der Waals surface area contributed by atoms with E-state index in [2.05, 4.69) is 5.32 Å². The third-order valence-corrected chi connectivity index (χ3v) is 4.37. The van der Waals surface area contributed by atoms with Gasteiger partial charge in [-0.1, -0.05) is 36.4 Å². The molecular weight excluding hydrogens is 302 g/mol. The molecular formula is C20H17NO3. The molecule has 0 saturated carbocycles. The van der Waals surface area contributed by atoms with Gasteiger partial charge in [0.15, 0.2) is 0 Å². The highest BCUT2D eigenvalue weighted by atomic mass is 16.4. The maximum Gasteiger partial charge on any atom is 0.347 e. The Balaban J connectivity index is 2.05. The fourth-order valence-corrected chi connectivity index (χ4v) is 3.17. The Labute approximate surface area is 138 Å². The first-order valence-electron chi connectivity index (χ1n) is 7.84. The second-order valence-electron chi connectivity index (χ2n) is 6.01. The van der Waals surface area contributed by atoms with E-state index in [1.54, 1.807) is 13.0 Å². The van der Waals surface area contributed by atoms with Gasteiger partial charge >= 0.3 is 5.63 Å². The fourth-order valence-electron chi connectivity index (χ4n) is 3.17. The van der Waals surface area contributed by atoms with Crippen LogP contribution < -0.4 is 10.9 Å². The molecule has 120 valence electrons. The lowest BCUT2D eigenvalue weighted by Crippen LogP contribution is -2.00. The molecule has 0 aliphatic rings. The van der Waals surface area contributed by atoms with Gasteiger partial charge in [-0.2, -0.15) is 0 Å². The number of hydrogen-bond acceptors (Lipinski definition) is 4. The zero-order valence-corrected chi connectivity index (χ0v) is 13.8. The van der Waals surface area contributed by atoms with Crippen molar-refractivity contribution in [2.75, 3.05) is 5.32 Å². The van der Waals surface area contributed by atoms with Crippen LogP contribution in [0.5, 0.6) is 0 Å². The molecule has 0 bridgehead atoms. The normalized spacial score (nSPS) is 11.3. The van der Waals surface area contributed by atoms with E-state index >= 15 is 0 Å². The molecule has 1 N–H and O–H groups in total. The highest BCUT2D eigenvalue weighted by Crippen LogP contribution is 2.36. The lowest BCUT2D eigenvalue weighted by Gasteiger charge is -2.11. The molecule has 2 aromatic heterocycles. The molecule has 4 nitrogen and oxygen atoms in total. The Kier molecular flexibility index (Phi) is 3.20.